The minimum atomic E-state index is -0.844. The first-order chi connectivity index (χ1) is 10.1. The summed E-state index contributed by atoms with van der Waals surface area (Å²) in [7, 11) is 1.67. The van der Waals surface area contributed by atoms with Crippen molar-refractivity contribution < 1.29 is 19.4 Å². The Kier molecular flexibility index (Phi) is 3.94. The molecule has 6 heteroatoms. The van der Waals surface area contributed by atoms with E-state index in [2.05, 4.69) is 13.0 Å². The van der Waals surface area contributed by atoms with Crippen LogP contribution in [-0.2, 0) is 27.9 Å². The van der Waals surface area contributed by atoms with Crippen molar-refractivity contribution in [1.29, 1.82) is 0 Å². The van der Waals surface area contributed by atoms with E-state index in [0.717, 1.165) is 12.8 Å². The molecule has 1 amide bonds. The van der Waals surface area contributed by atoms with E-state index >= 15 is 0 Å². The molecule has 116 valence electrons. The maximum Gasteiger partial charge on any atom is 0.407 e. The average Bonchev–Trinajstić information content (AvgIpc) is 2.91. The minimum absolute atomic E-state index is 0.225. The summed E-state index contributed by atoms with van der Waals surface area (Å²) in [5, 5.41) is 9.12. The van der Waals surface area contributed by atoms with Crippen LogP contribution in [0.15, 0.2) is 6.07 Å². The maximum atomic E-state index is 11.1. The summed E-state index contributed by atoms with van der Waals surface area (Å²) in [6, 6.07) is 2.25. The molecule has 0 aromatic carbocycles. The Bertz CT molecular complexity index is 534. The molecule has 1 fully saturated rings. The molecule has 5 nitrogen and oxygen atoms in total. The first-order valence-corrected chi connectivity index (χ1v) is 8.20. The van der Waals surface area contributed by atoms with Crippen molar-refractivity contribution in [2.75, 3.05) is 20.2 Å². The first kappa shape index (κ1) is 14.8. The van der Waals surface area contributed by atoms with Crippen LogP contribution in [0.25, 0.3) is 0 Å². The molecule has 1 spiro atoms. The monoisotopic (exact) mass is 311 g/mol. The SMILES string of the molecule is CCc1cc2c(s1)CC(OC)OC21CCN(C(=O)O)CC1. The number of nitrogens with zero attached hydrogens (tertiary/aromatic N) is 1. The van der Waals surface area contributed by atoms with Gasteiger partial charge in [-0.05, 0) is 30.9 Å². The standard InChI is InChI=1S/C15H21NO4S/c1-3-10-8-11-12(21-10)9-13(19-2)20-15(11)4-6-16(7-5-15)14(17)18/h8,13H,3-7,9H2,1-2H3,(H,17,18). The van der Waals surface area contributed by atoms with Gasteiger partial charge < -0.3 is 19.5 Å². The fraction of sp³-hybridized carbons (Fsp3) is 0.667. The van der Waals surface area contributed by atoms with Gasteiger partial charge in [0.2, 0.25) is 0 Å². The van der Waals surface area contributed by atoms with Crippen LogP contribution in [0.1, 0.15) is 35.1 Å². The first-order valence-electron chi connectivity index (χ1n) is 7.38. The van der Waals surface area contributed by atoms with E-state index in [1.54, 1.807) is 7.11 Å². The number of aryl methyl sites for hydroxylation is 1. The van der Waals surface area contributed by atoms with Crippen LogP contribution in [0.5, 0.6) is 0 Å². The Balaban J connectivity index is 1.91. The molecule has 0 saturated carbocycles. The van der Waals surface area contributed by atoms with Gasteiger partial charge in [-0.15, -0.1) is 11.3 Å². The van der Waals surface area contributed by atoms with Gasteiger partial charge in [0.15, 0.2) is 6.29 Å². The van der Waals surface area contributed by atoms with E-state index in [9.17, 15) is 4.79 Å². The molecule has 2 aliphatic heterocycles. The fourth-order valence-corrected chi connectivity index (χ4v) is 4.49. The third-order valence-electron chi connectivity index (χ3n) is 4.51. The fourth-order valence-electron chi connectivity index (χ4n) is 3.28. The van der Waals surface area contributed by atoms with Gasteiger partial charge in [0.05, 0.1) is 0 Å². The Labute approximate surface area is 128 Å². The molecular formula is C15H21NO4S. The van der Waals surface area contributed by atoms with Gasteiger partial charge in [-0.25, -0.2) is 4.79 Å². The number of hydrogen-bond donors (Lipinski definition) is 1. The zero-order valence-electron chi connectivity index (χ0n) is 12.4. The van der Waals surface area contributed by atoms with Gasteiger partial charge in [-0.1, -0.05) is 6.92 Å². The second kappa shape index (κ2) is 5.59. The number of ether oxygens (including phenoxy) is 2. The quantitative estimate of drug-likeness (QED) is 0.912. The largest absolute Gasteiger partial charge is 0.465 e. The molecule has 1 unspecified atom stereocenters. The molecule has 0 aliphatic carbocycles. The van der Waals surface area contributed by atoms with Crippen molar-refractivity contribution in [3.63, 3.8) is 0 Å². The number of methoxy groups -OCH3 is 1. The minimum Gasteiger partial charge on any atom is -0.465 e. The van der Waals surface area contributed by atoms with Crippen molar-refractivity contribution in [2.24, 2.45) is 0 Å². The molecule has 21 heavy (non-hydrogen) atoms. The molecule has 1 aromatic rings. The van der Waals surface area contributed by atoms with Crippen LogP contribution in [-0.4, -0.2) is 42.6 Å². The Morgan fingerprint density at radius 3 is 2.86 bits per heavy atom. The van der Waals surface area contributed by atoms with Gasteiger partial charge >= 0.3 is 6.09 Å². The van der Waals surface area contributed by atoms with Gasteiger partial charge in [-0.3, -0.25) is 0 Å². The van der Waals surface area contributed by atoms with Crippen molar-refractivity contribution in [2.45, 2.75) is 44.5 Å². The molecule has 1 aromatic heterocycles. The summed E-state index contributed by atoms with van der Waals surface area (Å²) in [6.45, 7) is 3.19. The third-order valence-corrected chi connectivity index (χ3v) is 5.81. The number of piperidine rings is 1. The smallest absolute Gasteiger partial charge is 0.407 e. The lowest BCUT2D eigenvalue weighted by molar-refractivity contribution is -0.225. The molecule has 3 heterocycles. The summed E-state index contributed by atoms with van der Waals surface area (Å²) in [5.41, 5.74) is 0.895. The van der Waals surface area contributed by atoms with Gasteiger partial charge in [-0.2, -0.15) is 0 Å². The van der Waals surface area contributed by atoms with E-state index in [0.29, 0.717) is 25.9 Å². The summed E-state index contributed by atoms with van der Waals surface area (Å²) < 4.78 is 11.7. The summed E-state index contributed by atoms with van der Waals surface area (Å²) >= 11 is 1.84. The van der Waals surface area contributed by atoms with Crippen LogP contribution in [0.3, 0.4) is 0 Å². The van der Waals surface area contributed by atoms with E-state index in [4.69, 9.17) is 14.6 Å². The number of carboxylic acid groups (broad SMARTS) is 1. The summed E-state index contributed by atoms with van der Waals surface area (Å²) in [4.78, 5) is 15.3. The van der Waals surface area contributed by atoms with Gasteiger partial charge in [0.25, 0.3) is 0 Å². The van der Waals surface area contributed by atoms with Crippen LogP contribution >= 0.6 is 11.3 Å². The van der Waals surface area contributed by atoms with Crippen LogP contribution in [0.4, 0.5) is 4.79 Å². The van der Waals surface area contributed by atoms with E-state index in [-0.39, 0.29) is 11.9 Å². The third kappa shape index (κ3) is 2.56. The predicted octanol–water partition coefficient (Wildman–Crippen LogP) is 2.82. The zero-order valence-corrected chi connectivity index (χ0v) is 13.2. The van der Waals surface area contributed by atoms with Crippen LogP contribution in [0, 0.1) is 0 Å². The Morgan fingerprint density at radius 2 is 2.29 bits per heavy atom. The van der Waals surface area contributed by atoms with Crippen molar-refractivity contribution in [3.05, 3.63) is 21.4 Å². The summed E-state index contributed by atoms with van der Waals surface area (Å²) in [6.07, 6.45) is 2.15. The molecule has 1 atom stereocenters. The molecule has 1 saturated heterocycles. The van der Waals surface area contributed by atoms with E-state index in [1.165, 1.54) is 20.2 Å². The highest BCUT2D eigenvalue weighted by atomic mass is 32.1. The highest BCUT2D eigenvalue weighted by molar-refractivity contribution is 7.12. The van der Waals surface area contributed by atoms with Gasteiger partial charge in [0, 0.05) is 36.4 Å². The zero-order chi connectivity index (χ0) is 15.0. The maximum absolute atomic E-state index is 11.1. The topological polar surface area (TPSA) is 59.0 Å². The number of amides is 1. The number of rotatable bonds is 2. The second-order valence-corrected chi connectivity index (χ2v) is 6.88. The lowest BCUT2D eigenvalue weighted by atomic mass is 9.82. The van der Waals surface area contributed by atoms with Crippen molar-refractivity contribution in [3.8, 4) is 0 Å². The van der Waals surface area contributed by atoms with Gasteiger partial charge in [0.1, 0.15) is 5.60 Å². The Hall–Kier alpha value is -1.11. The molecule has 3 rings (SSSR count). The number of thiophene rings is 1. The highest BCUT2D eigenvalue weighted by Gasteiger charge is 2.45. The number of likely N-dealkylation sites (tertiary alicyclic amines) is 1. The lowest BCUT2D eigenvalue weighted by Crippen LogP contribution is -2.49. The number of hydrogen-bond acceptors (Lipinski definition) is 4. The molecule has 0 radical (unpaired) electrons. The second-order valence-electron chi connectivity index (χ2n) is 5.65. The number of carbonyl (C=O) groups is 1. The van der Waals surface area contributed by atoms with Crippen LogP contribution < -0.4 is 0 Å². The summed E-state index contributed by atoms with van der Waals surface area (Å²) in [5.74, 6) is 0. The lowest BCUT2D eigenvalue weighted by Gasteiger charge is -2.45. The molecule has 1 N–H and O–H groups in total. The Morgan fingerprint density at radius 1 is 1.57 bits per heavy atom. The van der Waals surface area contributed by atoms with Crippen molar-refractivity contribution in [1.82, 2.24) is 4.90 Å². The molecular weight excluding hydrogens is 290 g/mol. The molecule has 2 aliphatic rings. The highest BCUT2D eigenvalue weighted by Crippen LogP contribution is 2.46. The van der Waals surface area contributed by atoms with E-state index in [1.807, 2.05) is 11.3 Å². The average molecular weight is 311 g/mol. The normalized spacial score (nSPS) is 24.1. The van der Waals surface area contributed by atoms with Crippen LogP contribution in [0.2, 0.25) is 0 Å². The van der Waals surface area contributed by atoms with E-state index < -0.39 is 6.09 Å². The predicted molar refractivity (Wildman–Crippen MR) is 79.8 cm³/mol. The van der Waals surface area contributed by atoms with Crippen molar-refractivity contribution >= 4 is 17.4 Å². The molecule has 0 bridgehead atoms. The number of fused-ring (bicyclic) bond motifs is 2.